The van der Waals surface area contributed by atoms with Gasteiger partial charge < -0.3 is 4.74 Å². The van der Waals surface area contributed by atoms with Crippen LogP contribution >= 0.6 is 0 Å². The number of nitrogens with one attached hydrogen (secondary N) is 1. The van der Waals surface area contributed by atoms with E-state index in [9.17, 15) is 9.59 Å². The van der Waals surface area contributed by atoms with Gasteiger partial charge in [0.2, 0.25) is 5.91 Å². The molecule has 3 rings (SSSR count). The van der Waals surface area contributed by atoms with Crippen LogP contribution in [0.25, 0.3) is 6.08 Å². The third-order valence-electron chi connectivity index (χ3n) is 3.61. The van der Waals surface area contributed by atoms with Crippen molar-refractivity contribution in [3.8, 4) is 5.75 Å². The summed E-state index contributed by atoms with van der Waals surface area (Å²) < 4.78 is 5.13. The molecule has 0 fully saturated rings. The van der Waals surface area contributed by atoms with Crippen LogP contribution in [0.4, 0.5) is 0 Å². The molecule has 1 aromatic carbocycles. The van der Waals surface area contributed by atoms with Crippen molar-refractivity contribution >= 4 is 17.9 Å². The summed E-state index contributed by atoms with van der Waals surface area (Å²) in [5, 5.41) is 2.36. The predicted molar refractivity (Wildman–Crippen MR) is 79.5 cm³/mol. The quantitative estimate of drug-likeness (QED) is 0.847. The van der Waals surface area contributed by atoms with Gasteiger partial charge in [-0.2, -0.15) is 0 Å². The molecule has 2 amide bonds. The average Bonchev–Trinajstić information content (AvgIpc) is 2.48. The number of hydrogen-bond acceptors (Lipinski definition) is 3. The lowest BCUT2D eigenvalue weighted by Crippen LogP contribution is -2.37. The van der Waals surface area contributed by atoms with Gasteiger partial charge in [-0.3, -0.25) is 14.9 Å². The van der Waals surface area contributed by atoms with Crippen molar-refractivity contribution in [2.45, 2.75) is 12.8 Å². The van der Waals surface area contributed by atoms with Crippen LogP contribution in [0.15, 0.2) is 53.1 Å². The maximum absolute atomic E-state index is 11.9. The average molecular weight is 281 g/mol. The Bertz CT molecular complexity index is 693. The van der Waals surface area contributed by atoms with Crippen LogP contribution in [0.1, 0.15) is 18.4 Å². The zero-order valence-electron chi connectivity index (χ0n) is 11.7. The molecule has 0 atom stereocenters. The summed E-state index contributed by atoms with van der Waals surface area (Å²) in [7, 11) is 1.63. The first kappa shape index (κ1) is 13.4. The summed E-state index contributed by atoms with van der Waals surface area (Å²) in [6.45, 7) is 0. The van der Waals surface area contributed by atoms with Gasteiger partial charge in [-0.15, -0.1) is 0 Å². The fourth-order valence-corrected chi connectivity index (χ4v) is 2.51. The molecule has 106 valence electrons. The summed E-state index contributed by atoms with van der Waals surface area (Å²) in [5.41, 5.74) is 3.61. The van der Waals surface area contributed by atoms with Crippen LogP contribution in [0, 0.1) is 0 Å². The lowest BCUT2D eigenvalue weighted by Gasteiger charge is -2.21. The molecule has 0 aromatic heterocycles. The van der Waals surface area contributed by atoms with Crippen LogP contribution in [0.5, 0.6) is 5.75 Å². The Morgan fingerprint density at radius 1 is 1.10 bits per heavy atom. The summed E-state index contributed by atoms with van der Waals surface area (Å²) in [4.78, 5) is 23.2. The van der Waals surface area contributed by atoms with E-state index in [1.807, 2.05) is 42.5 Å². The Morgan fingerprint density at radius 2 is 1.86 bits per heavy atom. The molecule has 0 saturated heterocycles. The van der Waals surface area contributed by atoms with Crippen LogP contribution < -0.4 is 10.1 Å². The van der Waals surface area contributed by atoms with Gasteiger partial charge in [-0.05, 0) is 28.8 Å². The third kappa shape index (κ3) is 2.79. The van der Waals surface area contributed by atoms with Gasteiger partial charge in [0.15, 0.2) is 0 Å². The smallest absolute Gasteiger partial charge is 0.254 e. The maximum Gasteiger partial charge on any atom is 0.254 e. The number of methoxy groups -OCH3 is 1. The second-order valence-electron chi connectivity index (χ2n) is 5.06. The highest BCUT2D eigenvalue weighted by Crippen LogP contribution is 2.29. The highest BCUT2D eigenvalue weighted by atomic mass is 16.5. The zero-order valence-corrected chi connectivity index (χ0v) is 11.7. The van der Waals surface area contributed by atoms with Gasteiger partial charge >= 0.3 is 0 Å². The molecule has 0 saturated carbocycles. The van der Waals surface area contributed by atoms with Crippen LogP contribution in [0.3, 0.4) is 0 Å². The fourth-order valence-electron chi connectivity index (χ4n) is 2.51. The molecule has 1 aromatic rings. The van der Waals surface area contributed by atoms with Crippen molar-refractivity contribution in [3.05, 3.63) is 58.7 Å². The van der Waals surface area contributed by atoms with Crippen molar-refractivity contribution in [2.75, 3.05) is 7.11 Å². The number of carbonyl (C=O) groups is 2. The topological polar surface area (TPSA) is 55.4 Å². The Kier molecular flexibility index (Phi) is 3.44. The van der Waals surface area contributed by atoms with Gasteiger partial charge in [0, 0.05) is 12.0 Å². The summed E-state index contributed by atoms with van der Waals surface area (Å²) in [6, 6.07) is 7.73. The van der Waals surface area contributed by atoms with Gasteiger partial charge in [0.1, 0.15) is 5.75 Å². The minimum atomic E-state index is -0.272. The Hall–Kier alpha value is -2.62. The van der Waals surface area contributed by atoms with Crippen molar-refractivity contribution in [1.82, 2.24) is 5.32 Å². The molecule has 1 N–H and O–H groups in total. The molecular weight excluding hydrogens is 266 g/mol. The van der Waals surface area contributed by atoms with Crippen molar-refractivity contribution in [3.63, 3.8) is 0 Å². The SMILES string of the molecule is COc1ccc(C=C2C=CC3=C(C2)C(=O)NC(=O)C3)cc1. The molecule has 0 spiro atoms. The number of hydrogen-bond donors (Lipinski definition) is 1. The number of rotatable bonds is 2. The first-order valence-electron chi connectivity index (χ1n) is 6.74. The molecule has 21 heavy (non-hydrogen) atoms. The molecule has 4 heteroatoms. The lowest BCUT2D eigenvalue weighted by atomic mass is 9.88. The first-order chi connectivity index (χ1) is 10.2. The van der Waals surface area contributed by atoms with Gasteiger partial charge in [-0.1, -0.05) is 30.4 Å². The van der Waals surface area contributed by atoms with E-state index in [0.717, 1.165) is 22.5 Å². The molecule has 0 unspecified atom stereocenters. The monoisotopic (exact) mass is 281 g/mol. The molecule has 0 radical (unpaired) electrons. The van der Waals surface area contributed by atoms with E-state index in [1.165, 1.54) is 0 Å². The third-order valence-corrected chi connectivity index (χ3v) is 3.61. The van der Waals surface area contributed by atoms with Gasteiger partial charge in [0.05, 0.1) is 13.5 Å². The number of ether oxygens (including phenoxy) is 1. The summed E-state index contributed by atoms with van der Waals surface area (Å²) in [6.07, 6.45) is 6.70. The summed E-state index contributed by atoms with van der Waals surface area (Å²) >= 11 is 0. The van der Waals surface area contributed by atoms with Crippen LogP contribution in [0.2, 0.25) is 0 Å². The number of allylic oxidation sites excluding steroid dienone is 3. The van der Waals surface area contributed by atoms with E-state index in [4.69, 9.17) is 4.74 Å². The molecule has 1 heterocycles. The lowest BCUT2D eigenvalue weighted by molar-refractivity contribution is -0.129. The minimum Gasteiger partial charge on any atom is -0.497 e. The Morgan fingerprint density at radius 3 is 2.57 bits per heavy atom. The molecule has 4 nitrogen and oxygen atoms in total. The number of amides is 2. The van der Waals surface area contributed by atoms with E-state index in [1.54, 1.807) is 7.11 Å². The molecule has 1 aliphatic heterocycles. The van der Waals surface area contributed by atoms with Crippen LogP contribution in [-0.2, 0) is 9.59 Å². The van der Waals surface area contributed by atoms with E-state index in [0.29, 0.717) is 12.0 Å². The van der Waals surface area contributed by atoms with Gasteiger partial charge in [0.25, 0.3) is 5.91 Å². The standard InChI is InChI=1S/C17H15NO3/c1-21-14-6-3-11(4-7-14)8-12-2-5-13-10-16(19)18-17(20)15(13)9-12/h2-8H,9-10H2,1H3,(H,18,19,20). The highest BCUT2D eigenvalue weighted by molar-refractivity contribution is 6.09. The predicted octanol–water partition coefficient (Wildman–Crippen LogP) is 2.38. The largest absolute Gasteiger partial charge is 0.497 e. The molecule has 1 aliphatic carbocycles. The number of benzene rings is 1. The normalized spacial score (nSPS) is 19.6. The van der Waals surface area contributed by atoms with Crippen LogP contribution in [-0.4, -0.2) is 18.9 Å². The van der Waals surface area contributed by atoms with Gasteiger partial charge in [-0.25, -0.2) is 0 Å². The van der Waals surface area contributed by atoms with E-state index in [-0.39, 0.29) is 18.2 Å². The van der Waals surface area contributed by atoms with Crippen molar-refractivity contribution in [2.24, 2.45) is 0 Å². The first-order valence-corrected chi connectivity index (χ1v) is 6.74. The van der Waals surface area contributed by atoms with E-state index < -0.39 is 0 Å². The minimum absolute atomic E-state index is 0.231. The zero-order chi connectivity index (χ0) is 14.8. The second-order valence-corrected chi connectivity index (χ2v) is 5.06. The Balaban J connectivity index is 1.83. The molecule has 0 bridgehead atoms. The number of imide groups is 1. The fraction of sp³-hybridized carbons (Fsp3) is 0.176. The molecule has 2 aliphatic rings. The van der Waals surface area contributed by atoms with E-state index >= 15 is 0 Å². The highest BCUT2D eigenvalue weighted by Gasteiger charge is 2.26. The second kappa shape index (κ2) is 5.40. The number of carbonyl (C=O) groups excluding carboxylic acids is 2. The van der Waals surface area contributed by atoms with E-state index in [2.05, 4.69) is 5.32 Å². The Labute approximate surface area is 122 Å². The van der Waals surface area contributed by atoms with Crippen molar-refractivity contribution in [1.29, 1.82) is 0 Å². The maximum atomic E-state index is 11.9. The molecular formula is C17H15NO3. The van der Waals surface area contributed by atoms with Crippen molar-refractivity contribution < 1.29 is 14.3 Å². The summed E-state index contributed by atoms with van der Waals surface area (Å²) in [5.74, 6) is 0.309.